The van der Waals surface area contributed by atoms with Gasteiger partial charge < -0.3 is 29.9 Å². The first-order valence-corrected chi connectivity index (χ1v) is 7.14. The molecular formula is C14H18BNO7. The van der Waals surface area contributed by atoms with Gasteiger partial charge >= 0.3 is 13.1 Å². The van der Waals surface area contributed by atoms with E-state index in [1.54, 1.807) is 12.1 Å². The number of carbonyl (C=O) groups is 2. The van der Waals surface area contributed by atoms with E-state index in [2.05, 4.69) is 5.32 Å². The summed E-state index contributed by atoms with van der Waals surface area (Å²) in [6.07, 6.45) is -1.03. The van der Waals surface area contributed by atoms with E-state index in [0.717, 1.165) is 0 Å². The number of carboxylic acids is 1. The maximum Gasteiger partial charge on any atom is 0.480 e. The highest BCUT2D eigenvalue weighted by atomic mass is 16.6. The number of phenolic OH excluding ortho intramolecular Hbond substituents is 1. The lowest BCUT2D eigenvalue weighted by Gasteiger charge is -2.18. The number of carbonyl (C=O) groups excluding carboxylic acids is 1. The van der Waals surface area contributed by atoms with E-state index in [-0.39, 0.29) is 37.7 Å². The fourth-order valence-electron chi connectivity index (χ4n) is 2.26. The van der Waals surface area contributed by atoms with Gasteiger partial charge in [0.1, 0.15) is 5.75 Å². The van der Waals surface area contributed by atoms with Gasteiger partial charge in [0.15, 0.2) is 0 Å². The minimum atomic E-state index is -1.35. The van der Waals surface area contributed by atoms with Crippen molar-refractivity contribution in [1.82, 2.24) is 5.32 Å². The standard InChI is InChI=1S/C14H18BNO7/c17-10-3-1-2-9(4-10)5-13(18)16-12-8-22-7-11(6-14(19)20)23-15(12)21/h1-4,11-12,17,21H,5-8H2,(H,16,18)(H,19,20). The van der Waals surface area contributed by atoms with Crippen molar-refractivity contribution in [2.45, 2.75) is 24.9 Å². The fourth-order valence-corrected chi connectivity index (χ4v) is 2.26. The Kier molecular flexibility index (Phi) is 5.97. The summed E-state index contributed by atoms with van der Waals surface area (Å²) >= 11 is 0. The molecule has 8 nitrogen and oxygen atoms in total. The number of phenols is 1. The summed E-state index contributed by atoms with van der Waals surface area (Å²) in [6, 6.07) is 6.29. The van der Waals surface area contributed by atoms with Crippen LogP contribution in [-0.2, 0) is 25.4 Å². The number of ether oxygens (including phenoxy) is 1. The van der Waals surface area contributed by atoms with Crippen molar-refractivity contribution < 1.29 is 34.2 Å². The maximum absolute atomic E-state index is 12.0. The second-order valence-electron chi connectivity index (χ2n) is 5.30. The van der Waals surface area contributed by atoms with Gasteiger partial charge in [-0.1, -0.05) is 12.1 Å². The summed E-state index contributed by atoms with van der Waals surface area (Å²) in [6.45, 7) is 0.0470. The number of benzene rings is 1. The lowest BCUT2D eigenvalue weighted by molar-refractivity contribution is -0.139. The number of hydrogen-bond acceptors (Lipinski definition) is 6. The van der Waals surface area contributed by atoms with Gasteiger partial charge in [0.25, 0.3) is 0 Å². The van der Waals surface area contributed by atoms with E-state index in [1.165, 1.54) is 12.1 Å². The molecule has 0 saturated carbocycles. The summed E-state index contributed by atoms with van der Waals surface area (Å²) in [7, 11) is -1.35. The van der Waals surface area contributed by atoms with Crippen LogP contribution in [0.25, 0.3) is 0 Å². The highest BCUT2D eigenvalue weighted by Crippen LogP contribution is 2.12. The molecule has 1 aromatic carbocycles. The van der Waals surface area contributed by atoms with Crippen molar-refractivity contribution in [1.29, 1.82) is 0 Å². The highest BCUT2D eigenvalue weighted by molar-refractivity contribution is 6.45. The van der Waals surface area contributed by atoms with Gasteiger partial charge in [0.05, 0.1) is 38.1 Å². The molecule has 0 aliphatic carbocycles. The molecule has 1 aromatic rings. The number of carboxylic acid groups (broad SMARTS) is 1. The minimum Gasteiger partial charge on any atom is -0.508 e. The summed E-state index contributed by atoms with van der Waals surface area (Å²) in [5, 5.41) is 30.6. The number of aliphatic carboxylic acids is 1. The van der Waals surface area contributed by atoms with E-state index in [9.17, 15) is 19.7 Å². The van der Waals surface area contributed by atoms with Crippen LogP contribution in [0.3, 0.4) is 0 Å². The molecule has 0 spiro atoms. The molecule has 1 amide bonds. The predicted octanol–water partition coefficient (Wildman–Crippen LogP) is -0.671. The van der Waals surface area contributed by atoms with Crippen molar-refractivity contribution in [2.75, 3.05) is 13.2 Å². The van der Waals surface area contributed by atoms with E-state index in [1.807, 2.05) is 0 Å². The van der Waals surface area contributed by atoms with Crippen molar-refractivity contribution in [3.8, 4) is 5.75 Å². The van der Waals surface area contributed by atoms with Crippen LogP contribution in [0, 0.1) is 0 Å². The minimum absolute atomic E-state index is 0.0169. The van der Waals surface area contributed by atoms with Crippen molar-refractivity contribution in [3.05, 3.63) is 29.8 Å². The topological polar surface area (TPSA) is 125 Å². The monoisotopic (exact) mass is 323 g/mol. The summed E-state index contributed by atoms with van der Waals surface area (Å²) in [4.78, 5) is 22.7. The Morgan fingerprint density at radius 2 is 2.13 bits per heavy atom. The molecule has 1 aliphatic heterocycles. The quantitative estimate of drug-likeness (QED) is 0.530. The molecule has 2 unspecified atom stereocenters. The van der Waals surface area contributed by atoms with Gasteiger partial charge in [0, 0.05) is 0 Å². The largest absolute Gasteiger partial charge is 0.508 e. The molecule has 1 heterocycles. The second-order valence-corrected chi connectivity index (χ2v) is 5.30. The van der Waals surface area contributed by atoms with Gasteiger partial charge in [0.2, 0.25) is 5.91 Å². The first-order chi connectivity index (χ1) is 10.9. The molecule has 0 bridgehead atoms. The first-order valence-electron chi connectivity index (χ1n) is 7.14. The van der Waals surface area contributed by atoms with Crippen molar-refractivity contribution in [2.24, 2.45) is 0 Å². The lowest BCUT2D eigenvalue weighted by atomic mass is 9.79. The molecule has 1 aliphatic rings. The van der Waals surface area contributed by atoms with Crippen LogP contribution in [0.1, 0.15) is 12.0 Å². The zero-order valence-electron chi connectivity index (χ0n) is 12.3. The Hall–Kier alpha value is -2.10. The van der Waals surface area contributed by atoms with E-state index < -0.39 is 25.1 Å². The van der Waals surface area contributed by atoms with Crippen LogP contribution in [0.5, 0.6) is 5.75 Å². The third-order valence-corrected chi connectivity index (χ3v) is 3.30. The highest BCUT2D eigenvalue weighted by Gasteiger charge is 2.35. The number of nitrogens with one attached hydrogen (secondary N) is 1. The zero-order valence-corrected chi connectivity index (χ0v) is 12.3. The lowest BCUT2D eigenvalue weighted by Crippen LogP contribution is -2.50. The fraction of sp³-hybridized carbons (Fsp3) is 0.429. The van der Waals surface area contributed by atoms with Crippen LogP contribution >= 0.6 is 0 Å². The summed E-state index contributed by atoms with van der Waals surface area (Å²) < 4.78 is 10.5. The van der Waals surface area contributed by atoms with E-state index >= 15 is 0 Å². The molecule has 2 rings (SSSR count). The van der Waals surface area contributed by atoms with Crippen LogP contribution < -0.4 is 5.32 Å². The van der Waals surface area contributed by atoms with Gasteiger partial charge in [-0.3, -0.25) is 9.59 Å². The first kappa shape index (κ1) is 17.3. The number of aromatic hydroxyl groups is 1. The van der Waals surface area contributed by atoms with Crippen LogP contribution in [0.2, 0.25) is 0 Å². The Morgan fingerprint density at radius 1 is 1.35 bits per heavy atom. The van der Waals surface area contributed by atoms with Gasteiger partial charge in [-0.15, -0.1) is 0 Å². The average Bonchev–Trinajstić information content (AvgIpc) is 2.60. The van der Waals surface area contributed by atoms with Crippen LogP contribution in [0.15, 0.2) is 24.3 Å². The van der Waals surface area contributed by atoms with E-state index in [4.69, 9.17) is 14.5 Å². The maximum atomic E-state index is 12.0. The van der Waals surface area contributed by atoms with Gasteiger partial charge in [-0.2, -0.15) is 0 Å². The van der Waals surface area contributed by atoms with Gasteiger partial charge in [-0.25, -0.2) is 0 Å². The predicted molar refractivity (Wildman–Crippen MR) is 79.7 cm³/mol. The average molecular weight is 323 g/mol. The molecule has 0 radical (unpaired) electrons. The van der Waals surface area contributed by atoms with Crippen LogP contribution in [0.4, 0.5) is 0 Å². The third kappa shape index (κ3) is 5.55. The van der Waals surface area contributed by atoms with Crippen LogP contribution in [-0.4, -0.2) is 59.5 Å². The van der Waals surface area contributed by atoms with Crippen molar-refractivity contribution >= 4 is 19.0 Å². The number of rotatable bonds is 5. The Balaban J connectivity index is 1.88. The smallest absolute Gasteiger partial charge is 0.480 e. The molecular weight excluding hydrogens is 305 g/mol. The zero-order chi connectivity index (χ0) is 16.8. The summed E-state index contributed by atoms with van der Waals surface area (Å²) in [5.41, 5.74) is 0.621. The SMILES string of the molecule is O=C(O)CC1COCC(NC(=O)Cc2cccc(O)c2)B(O)O1. The Bertz CT molecular complexity index is 568. The molecule has 1 saturated heterocycles. The number of amides is 1. The second kappa shape index (κ2) is 7.95. The molecule has 1 fully saturated rings. The molecule has 4 N–H and O–H groups in total. The van der Waals surface area contributed by atoms with E-state index in [0.29, 0.717) is 5.56 Å². The van der Waals surface area contributed by atoms with Gasteiger partial charge in [-0.05, 0) is 17.7 Å². The Morgan fingerprint density at radius 3 is 2.83 bits per heavy atom. The number of hydrogen-bond donors (Lipinski definition) is 4. The third-order valence-electron chi connectivity index (χ3n) is 3.30. The molecule has 23 heavy (non-hydrogen) atoms. The molecule has 9 heteroatoms. The molecule has 124 valence electrons. The Labute approximate surface area is 133 Å². The van der Waals surface area contributed by atoms with Crippen molar-refractivity contribution in [3.63, 3.8) is 0 Å². The molecule has 2 atom stereocenters. The molecule has 0 aromatic heterocycles. The normalized spacial score (nSPS) is 21.5. The summed E-state index contributed by atoms with van der Waals surface area (Å²) in [5.74, 6) is -2.16.